The fourth-order valence-corrected chi connectivity index (χ4v) is 2.78. The van der Waals surface area contributed by atoms with Crippen molar-refractivity contribution in [2.45, 2.75) is 17.1 Å². The molecule has 1 unspecified atom stereocenters. The second-order valence-corrected chi connectivity index (χ2v) is 5.63. The smallest absolute Gasteiger partial charge is 0.264 e. The predicted octanol–water partition coefficient (Wildman–Crippen LogP) is 3.86. The number of fused-ring (bicyclic) bond motifs is 1. The Bertz CT molecular complexity index is 591. The second-order valence-electron chi connectivity index (χ2n) is 3.84. The van der Waals surface area contributed by atoms with Crippen molar-refractivity contribution in [3.63, 3.8) is 0 Å². The van der Waals surface area contributed by atoms with Crippen LogP contribution in [0.3, 0.4) is 0 Å². The van der Waals surface area contributed by atoms with Crippen molar-refractivity contribution in [2.24, 2.45) is 0 Å². The molecule has 0 N–H and O–H groups in total. The Morgan fingerprint density at radius 3 is 2.89 bits per heavy atom. The highest BCUT2D eigenvalue weighted by Gasteiger charge is 2.15. The van der Waals surface area contributed by atoms with Gasteiger partial charge in [0.05, 0.1) is 10.3 Å². The highest BCUT2D eigenvalue weighted by molar-refractivity contribution is 8.00. The van der Waals surface area contributed by atoms with Gasteiger partial charge in [0.25, 0.3) is 5.69 Å². The molecule has 0 aliphatic heterocycles. The summed E-state index contributed by atoms with van der Waals surface area (Å²) in [7, 11) is 0. The van der Waals surface area contributed by atoms with Crippen LogP contribution in [0.15, 0.2) is 35.5 Å². The fourth-order valence-electron chi connectivity index (χ4n) is 1.66. The number of pyridine rings is 1. The molecular formula is C12H11ClN2O2S. The molecule has 1 atom stereocenters. The summed E-state index contributed by atoms with van der Waals surface area (Å²) in [5.74, 6) is 0.531. The van der Waals surface area contributed by atoms with Crippen molar-refractivity contribution in [1.82, 2.24) is 4.98 Å². The summed E-state index contributed by atoms with van der Waals surface area (Å²) in [6, 6.07) is 4.96. The maximum Gasteiger partial charge on any atom is 0.277 e. The van der Waals surface area contributed by atoms with Crippen molar-refractivity contribution in [3.05, 3.63) is 40.7 Å². The molecule has 0 spiro atoms. The standard InChI is InChI=1S/C12H11ClN2O2S/c1-8(6-13)18-12-3-2-11(15(16)17)9-4-5-14-7-10(9)12/h2-5,7-8H,6H2,1H3. The maximum absolute atomic E-state index is 11.0. The summed E-state index contributed by atoms with van der Waals surface area (Å²) >= 11 is 7.39. The van der Waals surface area contributed by atoms with Crippen LogP contribution in [-0.4, -0.2) is 21.0 Å². The van der Waals surface area contributed by atoms with E-state index in [-0.39, 0.29) is 15.9 Å². The summed E-state index contributed by atoms with van der Waals surface area (Å²) in [5, 5.41) is 12.6. The molecular weight excluding hydrogens is 272 g/mol. The minimum Gasteiger partial charge on any atom is -0.264 e. The highest BCUT2D eigenvalue weighted by Crippen LogP contribution is 2.35. The first kappa shape index (κ1) is 13.1. The molecule has 0 aliphatic rings. The zero-order chi connectivity index (χ0) is 13.1. The van der Waals surface area contributed by atoms with E-state index >= 15 is 0 Å². The molecule has 0 saturated carbocycles. The molecule has 0 fully saturated rings. The van der Waals surface area contributed by atoms with Crippen molar-refractivity contribution in [2.75, 3.05) is 5.88 Å². The van der Waals surface area contributed by atoms with Crippen molar-refractivity contribution in [1.29, 1.82) is 0 Å². The van der Waals surface area contributed by atoms with E-state index in [0.717, 1.165) is 10.3 Å². The lowest BCUT2D eigenvalue weighted by Crippen LogP contribution is -1.97. The molecule has 1 aromatic carbocycles. The Labute approximate surface area is 114 Å². The van der Waals surface area contributed by atoms with Crippen LogP contribution in [0.5, 0.6) is 0 Å². The van der Waals surface area contributed by atoms with Crippen LogP contribution in [0.1, 0.15) is 6.92 Å². The minimum absolute atomic E-state index is 0.107. The molecule has 18 heavy (non-hydrogen) atoms. The minimum atomic E-state index is -0.373. The van der Waals surface area contributed by atoms with Gasteiger partial charge in [0.1, 0.15) is 0 Å². The average Bonchev–Trinajstić information content (AvgIpc) is 2.38. The lowest BCUT2D eigenvalue weighted by molar-refractivity contribution is -0.383. The van der Waals surface area contributed by atoms with E-state index in [4.69, 9.17) is 11.6 Å². The Morgan fingerprint density at radius 1 is 1.44 bits per heavy atom. The summed E-state index contributed by atoms with van der Waals surface area (Å²) < 4.78 is 0. The van der Waals surface area contributed by atoms with E-state index in [2.05, 4.69) is 4.98 Å². The first-order chi connectivity index (χ1) is 8.63. The van der Waals surface area contributed by atoms with Crippen molar-refractivity contribution < 1.29 is 4.92 Å². The number of benzene rings is 1. The van der Waals surface area contributed by atoms with Crippen LogP contribution in [0.25, 0.3) is 10.8 Å². The Morgan fingerprint density at radius 2 is 2.22 bits per heavy atom. The van der Waals surface area contributed by atoms with Gasteiger partial charge in [-0.05, 0) is 12.1 Å². The van der Waals surface area contributed by atoms with Gasteiger partial charge in [-0.2, -0.15) is 0 Å². The zero-order valence-electron chi connectivity index (χ0n) is 9.67. The molecule has 2 aromatic rings. The number of non-ortho nitro benzene ring substituents is 1. The molecule has 2 rings (SSSR count). The lowest BCUT2D eigenvalue weighted by atomic mass is 10.1. The quantitative estimate of drug-likeness (QED) is 0.370. The number of hydrogen-bond donors (Lipinski definition) is 0. The van der Waals surface area contributed by atoms with Crippen LogP contribution in [0.4, 0.5) is 5.69 Å². The van der Waals surface area contributed by atoms with E-state index in [0.29, 0.717) is 11.3 Å². The van der Waals surface area contributed by atoms with E-state index in [9.17, 15) is 10.1 Å². The highest BCUT2D eigenvalue weighted by atomic mass is 35.5. The zero-order valence-corrected chi connectivity index (χ0v) is 11.2. The molecule has 1 heterocycles. The molecule has 0 bridgehead atoms. The number of rotatable bonds is 4. The Hall–Kier alpha value is -1.33. The van der Waals surface area contributed by atoms with Gasteiger partial charge in [-0.25, -0.2) is 0 Å². The molecule has 0 aliphatic carbocycles. The van der Waals surface area contributed by atoms with E-state index in [1.807, 2.05) is 6.92 Å². The topological polar surface area (TPSA) is 56.0 Å². The van der Waals surface area contributed by atoms with Gasteiger partial charge < -0.3 is 0 Å². The summed E-state index contributed by atoms with van der Waals surface area (Å²) in [6.07, 6.45) is 3.22. The predicted molar refractivity (Wildman–Crippen MR) is 74.4 cm³/mol. The third-order valence-corrected chi connectivity index (χ3v) is 4.32. The third kappa shape index (κ3) is 2.57. The second kappa shape index (κ2) is 5.54. The molecule has 94 valence electrons. The van der Waals surface area contributed by atoms with E-state index in [1.165, 1.54) is 6.07 Å². The maximum atomic E-state index is 11.0. The normalized spacial score (nSPS) is 12.6. The first-order valence-corrected chi connectivity index (χ1v) is 6.78. The number of thioether (sulfide) groups is 1. The van der Waals surface area contributed by atoms with Crippen molar-refractivity contribution >= 4 is 39.8 Å². The number of nitro groups is 1. The fraction of sp³-hybridized carbons (Fsp3) is 0.250. The lowest BCUT2D eigenvalue weighted by Gasteiger charge is -2.10. The SMILES string of the molecule is CC(CCl)Sc1ccc([N+](=O)[O-])c2ccncc12. The third-order valence-electron chi connectivity index (χ3n) is 2.50. The van der Waals surface area contributed by atoms with Crippen LogP contribution in [-0.2, 0) is 0 Å². The number of nitro benzene ring substituents is 1. The molecule has 1 aromatic heterocycles. The molecule has 0 amide bonds. The van der Waals surface area contributed by atoms with Gasteiger partial charge in [-0.15, -0.1) is 23.4 Å². The van der Waals surface area contributed by atoms with Crippen LogP contribution < -0.4 is 0 Å². The molecule has 0 radical (unpaired) electrons. The number of alkyl halides is 1. The van der Waals surface area contributed by atoms with Crippen LogP contribution in [0, 0.1) is 10.1 Å². The van der Waals surface area contributed by atoms with Crippen molar-refractivity contribution in [3.8, 4) is 0 Å². The first-order valence-electron chi connectivity index (χ1n) is 5.37. The number of hydrogen-bond acceptors (Lipinski definition) is 4. The van der Waals surface area contributed by atoms with E-state index in [1.54, 1.807) is 36.3 Å². The van der Waals surface area contributed by atoms with Crippen LogP contribution >= 0.6 is 23.4 Å². The summed E-state index contributed by atoms with van der Waals surface area (Å²) in [6.45, 7) is 2.02. The van der Waals surface area contributed by atoms with Gasteiger partial charge >= 0.3 is 0 Å². The summed E-state index contributed by atoms with van der Waals surface area (Å²) in [4.78, 5) is 15.6. The number of nitrogens with zero attached hydrogens (tertiary/aromatic N) is 2. The largest absolute Gasteiger partial charge is 0.277 e. The summed E-state index contributed by atoms with van der Waals surface area (Å²) in [5.41, 5.74) is 0.107. The average molecular weight is 283 g/mol. The van der Waals surface area contributed by atoms with Gasteiger partial charge in [0, 0.05) is 39.9 Å². The Kier molecular flexibility index (Phi) is 4.04. The Balaban J connectivity index is 2.57. The molecule has 4 nitrogen and oxygen atoms in total. The number of halogens is 1. The molecule has 0 saturated heterocycles. The van der Waals surface area contributed by atoms with Gasteiger partial charge in [0.15, 0.2) is 0 Å². The van der Waals surface area contributed by atoms with Gasteiger partial charge in [0.2, 0.25) is 0 Å². The molecule has 6 heteroatoms. The van der Waals surface area contributed by atoms with Crippen LogP contribution in [0.2, 0.25) is 0 Å². The monoisotopic (exact) mass is 282 g/mol. The number of aromatic nitrogens is 1. The van der Waals surface area contributed by atoms with Gasteiger partial charge in [-0.1, -0.05) is 6.92 Å². The van der Waals surface area contributed by atoms with E-state index < -0.39 is 0 Å². The van der Waals surface area contributed by atoms with Gasteiger partial charge in [-0.3, -0.25) is 15.1 Å².